The van der Waals surface area contributed by atoms with E-state index >= 15 is 0 Å². The van der Waals surface area contributed by atoms with Crippen molar-refractivity contribution >= 4 is 21.7 Å². The largest absolute Gasteiger partial charge is 0.294 e. The third kappa shape index (κ3) is 2.12. The van der Waals surface area contributed by atoms with Crippen molar-refractivity contribution in [2.45, 2.75) is 25.7 Å². The molecule has 2 rings (SSSR count). The van der Waals surface area contributed by atoms with Crippen LogP contribution in [0.3, 0.4) is 0 Å². The molecule has 0 N–H and O–H groups in total. The number of ketones is 1. The van der Waals surface area contributed by atoms with Crippen molar-refractivity contribution in [2.24, 2.45) is 5.92 Å². The summed E-state index contributed by atoms with van der Waals surface area (Å²) >= 11 is 3.10. The summed E-state index contributed by atoms with van der Waals surface area (Å²) in [5, 5.41) is 0. The zero-order valence-electron chi connectivity index (χ0n) is 8.30. The average molecular weight is 271 g/mol. The van der Waals surface area contributed by atoms with Gasteiger partial charge >= 0.3 is 0 Å². The van der Waals surface area contributed by atoms with E-state index in [1.807, 2.05) is 0 Å². The summed E-state index contributed by atoms with van der Waals surface area (Å²) in [6.45, 7) is 0. The Labute approximate surface area is 96.8 Å². The van der Waals surface area contributed by atoms with E-state index in [1.54, 1.807) is 18.2 Å². The van der Waals surface area contributed by atoms with Crippen LogP contribution >= 0.6 is 15.9 Å². The highest BCUT2D eigenvalue weighted by Gasteiger charge is 2.26. The number of hydrogen-bond acceptors (Lipinski definition) is 1. The molecule has 1 aromatic carbocycles. The van der Waals surface area contributed by atoms with Crippen molar-refractivity contribution in [3.8, 4) is 0 Å². The molecule has 0 amide bonds. The Morgan fingerprint density at radius 3 is 2.67 bits per heavy atom. The first kappa shape index (κ1) is 10.8. The number of halogens is 2. The molecule has 1 aliphatic carbocycles. The molecule has 15 heavy (non-hydrogen) atoms. The van der Waals surface area contributed by atoms with Gasteiger partial charge in [-0.25, -0.2) is 4.39 Å². The minimum Gasteiger partial charge on any atom is -0.294 e. The Balaban J connectivity index is 2.28. The fraction of sp³-hybridized carbons (Fsp3) is 0.417. The molecular weight excluding hydrogens is 259 g/mol. The number of Topliss-reactive ketones (excluding diaryl/α,β-unsaturated/α-hetero) is 1. The lowest BCUT2D eigenvalue weighted by molar-refractivity contribution is 0.0918. The minimum absolute atomic E-state index is 0.0358. The van der Waals surface area contributed by atoms with Gasteiger partial charge in [-0.1, -0.05) is 18.9 Å². The van der Waals surface area contributed by atoms with Crippen molar-refractivity contribution in [3.05, 3.63) is 34.1 Å². The molecule has 1 aromatic rings. The molecule has 0 atom stereocenters. The number of carbonyl (C=O) groups is 1. The molecule has 0 radical (unpaired) electrons. The lowest BCUT2D eigenvalue weighted by Gasteiger charge is -2.09. The van der Waals surface area contributed by atoms with E-state index in [4.69, 9.17) is 0 Å². The van der Waals surface area contributed by atoms with Gasteiger partial charge in [-0.3, -0.25) is 4.79 Å². The fourth-order valence-electron chi connectivity index (χ4n) is 2.10. The van der Waals surface area contributed by atoms with Crippen molar-refractivity contribution < 1.29 is 9.18 Å². The van der Waals surface area contributed by atoms with E-state index in [1.165, 1.54) is 0 Å². The van der Waals surface area contributed by atoms with Crippen molar-refractivity contribution in [3.63, 3.8) is 0 Å². The first-order valence-corrected chi connectivity index (χ1v) is 5.97. The standard InChI is InChI=1S/C12H12BrFO/c13-10-7-3-6-9(11(10)14)12(15)8-4-1-2-5-8/h3,6-8H,1-2,4-5H2. The molecule has 1 nitrogen and oxygen atoms in total. The lowest BCUT2D eigenvalue weighted by Crippen LogP contribution is -2.12. The van der Waals surface area contributed by atoms with Gasteiger partial charge < -0.3 is 0 Å². The highest BCUT2D eigenvalue weighted by atomic mass is 79.9. The molecule has 3 heteroatoms. The van der Waals surface area contributed by atoms with Gasteiger partial charge in [-0.15, -0.1) is 0 Å². The van der Waals surface area contributed by atoms with Crippen molar-refractivity contribution in [2.75, 3.05) is 0 Å². The second kappa shape index (κ2) is 4.44. The summed E-state index contributed by atoms with van der Waals surface area (Å²) in [6, 6.07) is 4.89. The normalized spacial score (nSPS) is 16.9. The highest BCUT2D eigenvalue weighted by Crippen LogP contribution is 2.30. The Morgan fingerprint density at radius 2 is 2.00 bits per heavy atom. The Kier molecular flexibility index (Phi) is 3.19. The zero-order valence-corrected chi connectivity index (χ0v) is 9.89. The maximum atomic E-state index is 13.6. The number of carbonyl (C=O) groups excluding carboxylic acids is 1. The van der Waals surface area contributed by atoms with Crippen LogP contribution in [0.1, 0.15) is 36.0 Å². The maximum Gasteiger partial charge on any atom is 0.168 e. The Bertz CT molecular complexity index is 383. The summed E-state index contributed by atoms with van der Waals surface area (Å²) in [7, 11) is 0. The Hall–Kier alpha value is -0.700. The highest BCUT2D eigenvalue weighted by molar-refractivity contribution is 9.10. The summed E-state index contributed by atoms with van der Waals surface area (Å²) < 4.78 is 14.0. The van der Waals surface area contributed by atoms with Crippen LogP contribution in [-0.4, -0.2) is 5.78 Å². The van der Waals surface area contributed by atoms with Crippen molar-refractivity contribution in [1.82, 2.24) is 0 Å². The van der Waals surface area contributed by atoms with Gasteiger partial charge in [0.25, 0.3) is 0 Å². The van der Waals surface area contributed by atoms with E-state index in [-0.39, 0.29) is 17.3 Å². The fourth-order valence-corrected chi connectivity index (χ4v) is 2.47. The van der Waals surface area contributed by atoms with Crippen LogP contribution in [0.25, 0.3) is 0 Å². The van der Waals surface area contributed by atoms with Gasteiger partial charge in [0.05, 0.1) is 10.0 Å². The predicted octanol–water partition coefficient (Wildman–Crippen LogP) is 3.96. The smallest absolute Gasteiger partial charge is 0.168 e. The molecular formula is C12H12BrFO. The molecule has 0 unspecified atom stereocenters. The third-order valence-corrected chi connectivity index (χ3v) is 3.56. The van der Waals surface area contributed by atoms with Gasteiger partial charge in [-0.05, 0) is 40.9 Å². The van der Waals surface area contributed by atoms with E-state index in [9.17, 15) is 9.18 Å². The number of hydrogen-bond donors (Lipinski definition) is 0. The Morgan fingerprint density at radius 1 is 1.33 bits per heavy atom. The van der Waals surface area contributed by atoms with Crippen LogP contribution in [0, 0.1) is 11.7 Å². The summed E-state index contributed by atoms with van der Waals surface area (Å²) in [6.07, 6.45) is 3.99. The van der Waals surface area contributed by atoms with Gasteiger partial charge in [-0.2, -0.15) is 0 Å². The topological polar surface area (TPSA) is 17.1 Å². The first-order valence-electron chi connectivity index (χ1n) is 5.18. The van der Waals surface area contributed by atoms with Gasteiger partial charge in [0.2, 0.25) is 0 Å². The average Bonchev–Trinajstić information content (AvgIpc) is 2.74. The van der Waals surface area contributed by atoms with Gasteiger partial charge in [0.15, 0.2) is 5.78 Å². The molecule has 1 fully saturated rings. The molecule has 1 aliphatic rings. The second-order valence-corrected chi connectivity index (χ2v) is 4.80. The van der Waals surface area contributed by atoms with Crippen molar-refractivity contribution in [1.29, 1.82) is 0 Å². The van der Waals surface area contributed by atoms with Crippen LogP contribution in [0.15, 0.2) is 22.7 Å². The molecule has 0 bridgehead atoms. The third-order valence-electron chi connectivity index (χ3n) is 2.94. The van der Waals surface area contributed by atoms with Gasteiger partial charge in [0, 0.05) is 5.92 Å². The molecule has 1 saturated carbocycles. The lowest BCUT2D eigenvalue weighted by atomic mass is 9.96. The SMILES string of the molecule is O=C(c1cccc(Br)c1F)C1CCCC1. The molecule has 0 aromatic heterocycles. The quantitative estimate of drug-likeness (QED) is 0.744. The molecule has 0 aliphatic heterocycles. The molecule has 80 valence electrons. The minimum atomic E-state index is -0.422. The summed E-state index contributed by atoms with van der Waals surface area (Å²) in [5.74, 6) is -0.422. The summed E-state index contributed by atoms with van der Waals surface area (Å²) in [5.41, 5.74) is 0.233. The molecule has 0 spiro atoms. The molecule has 0 saturated heterocycles. The summed E-state index contributed by atoms with van der Waals surface area (Å²) in [4.78, 5) is 12.0. The van der Waals surface area contributed by atoms with E-state index in [2.05, 4.69) is 15.9 Å². The van der Waals surface area contributed by atoms with Crippen LogP contribution in [0.2, 0.25) is 0 Å². The van der Waals surface area contributed by atoms with Crippen LogP contribution in [-0.2, 0) is 0 Å². The van der Waals surface area contributed by atoms with E-state index in [0.29, 0.717) is 4.47 Å². The number of rotatable bonds is 2. The van der Waals surface area contributed by atoms with Gasteiger partial charge in [0.1, 0.15) is 5.82 Å². The first-order chi connectivity index (χ1) is 7.20. The van der Waals surface area contributed by atoms with E-state index in [0.717, 1.165) is 25.7 Å². The maximum absolute atomic E-state index is 13.6. The van der Waals surface area contributed by atoms with Crippen LogP contribution < -0.4 is 0 Å². The predicted molar refractivity (Wildman–Crippen MR) is 60.4 cm³/mol. The molecule has 0 heterocycles. The monoisotopic (exact) mass is 270 g/mol. The van der Waals surface area contributed by atoms with Crippen LogP contribution in [0.5, 0.6) is 0 Å². The number of benzene rings is 1. The zero-order chi connectivity index (χ0) is 10.8. The second-order valence-electron chi connectivity index (χ2n) is 3.95. The van der Waals surface area contributed by atoms with Crippen LogP contribution in [0.4, 0.5) is 4.39 Å². The van der Waals surface area contributed by atoms with E-state index < -0.39 is 5.82 Å².